The molecule has 2 amide bonds. The molecular formula is C35H48N10OSi. The van der Waals surface area contributed by atoms with Crippen LogP contribution in [0, 0.1) is 11.5 Å². The van der Waals surface area contributed by atoms with Gasteiger partial charge >= 0.3 is 6.03 Å². The number of carbonyl (C=O) groups excluding carboxylic acids is 1. The van der Waals surface area contributed by atoms with Crippen LogP contribution in [0.1, 0.15) is 52.8 Å². The summed E-state index contributed by atoms with van der Waals surface area (Å²) < 4.78 is 1.72. The van der Waals surface area contributed by atoms with Gasteiger partial charge in [0.1, 0.15) is 13.9 Å². The minimum atomic E-state index is -2.03. The minimum absolute atomic E-state index is 0.331. The Morgan fingerprint density at radius 2 is 1.62 bits per heavy atom. The summed E-state index contributed by atoms with van der Waals surface area (Å²) in [7, 11) is 1.97. The van der Waals surface area contributed by atoms with Crippen molar-refractivity contribution >= 4 is 48.3 Å². The second-order valence-electron chi connectivity index (χ2n) is 13.3. The summed E-state index contributed by atoms with van der Waals surface area (Å²) in [5.74, 6) is 4.33. The molecule has 0 unspecified atom stereocenters. The van der Waals surface area contributed by atoms with Crippen molar-refractivity contribution in [2.75, 3.05) is 48.8 Å². The van der Waals surface area contributed by atoms with Gasteiger partial charge in [-0.2, -0.15) is 10.1 Å². The lowest BCUT2D eigenvalue weighted by molar-refractivity contribution is 0.251. The molecule has 5 rings (SSSR count). The number of urea groups is 1. The Morgan fingerprint density at radius 3 is 2.23 bits per heavy atom. The van der Waals surface area contributed by atoms with E-state index in [0.29, 0.717) is 40.6 Å². The highest BCUT2D eigenvalue weighted by atomic mass is 28.3. The first kappa shape index (κ1) is 33.9. The molecule has 0 atom stereocenters. The molecule has 12 heteroatoms. The third-order valence-corrected chi connectivity index (χ3v) is 15.7. The quantitative estimate of drug-likeness (QED) is 0.146. The van der Waals surface area contributed by atoms with Gasteiger partial charge in [-0.1, -0.05) is 47.5 Å². The van der Waals surface area contributed by atoms with Gasteiger partial charge < -0.3 is 20.4 Å². The standard InChI is InChI=1S/C35H48N10OSi/c1-24(2)47(25(3)4,26(5)6)20-14-27-21-32(41-35(46)37-22-30-13-15-38-44(30)8)40-33-31(27)23-36-34(42-33)39-28-9-11-29(12-10-28)45-18-16-43(7)17-19-45/h9-13,15,21,23-26H,16-19,22H2,1-8H3,(H3,36,37,39,40,41,42,46). The molecular weight excluding hydrogens is 605 g/mol. The number of aromatic nitrogens is 5. The Hall–Kier alpha value is -4.47. The predicted octanol–water partition coefficient (Wildman–Crippen LogP) is 6.14. The van der Waals surface area contributed by atoms with Gasteiger partial charge in [0.25, 0.3) is 0 Å². The van der Waals surface area contributed by atoms with E-state index >= 15 is 0 Å². The van der Waals surface area contributed by atoms with Crippen LogP contribution < -0.4 is 20.9 Å². The number of nitrogens with zero attached hydrogens (tertiary/aromatic N) is 7. The van der Waals surface area contributed by atoms with Crippen LogP contribution in [0.5, 0.6) is 0 Å². The number of hydrogen-bond acceptors (Lipinski definition) is 8. The van der Waals surface area contributed by atoms with Gasteiger partial charge in [-0.3, -0.25) is 10.00 Å². The molecule has 1 aliphatic heterocycles. The van der Waals surface area contributed by atoms with Crippen molar-refractivity contribution in [2.24, 2.45) is 7.05 Å². The lowest BCUT2D eigenvalue weighted by Crippen LogP contribution is -2.44. The maximum atomic E-state index is 12.9. The molecule has 47 heavy (non-hydrogen) atoms. The first-order valence-corrected chi connectivity index (χ1v) is 18.7. The molecule has 0 aliphatic carbocycles. The molecule has 3 N–H and O–H groups in total. The van der Waals surface area contributed by atoms with E-state index in [9.17, 15) is 4.79 Å². The van der Waals surface area contributed by atoms with Gasteiger partial charge in [0.15, 0.2) is 5.65 Å². The normalized spacial score (nSPS) is 14.1. The molecule has 4 aromatic rings. The van der Waals surface area contributed by atoms with E-state index < -0.39 is 8.07 Å². The van der Waals surface area contributed by atoms with Crippen molar-refractivity contribution in [1.82, 2.24) is 34.9 Å². The predicted molar refractivity (Wildman–Crippen MR) is 194 cm³/mol. The first-order chi connectivity index (χ1) is 22.5. The number of amides is 2. The first-order valence-electron chi connectivity index (χ1n) is 16.5. The van der Waals surface area contributed by atoms with Gasteiger partial charge in [-0.25, -0.2) is 14.8 Å². The van der Waals surface area contributed by atoms with E-state index in [0.717, 1.165) is 48.5 Å². The SMILES string of the molecule is CC(C)[Si](C#Cc1cc(NC(=O)NCc2ccnn2C)nc2nc(Nc3ccc(N4CCN(C)CC4)cc3)ncc12)(C(C)C)C(C)C. The van der Waals surface area contributed by atoms with Crippen LogP contribution in [0.2, 0.25) is 16.6 Å². The molecule has 0 radical (unpaired) electrons. The van der Waals surface area contributed by atoms with Crippen LogP contribution in [-0.4, -0.2) is 77.0 Å². The van der Waals surface area contributed by atoms with Crippen molar-refractivity contribution in [2.45, 2.75) is 64.7 Å². The molecule has 1 aromatic carbocycles. The zero-order chi connectivity index (χ0) is 33.7. The summed E-state index contributed by atoms with van der Waals surface area (Å²) in [5, 5.41) is 14.0. The molecule has 1 saturated heterocycles. The summed E-state index contributed by atoms with van der Waals surface area (Å²) in [5.41, 5.74) is 9.42. The fourth-order valence-electron chi connectivity index (χ4n) is 6.70. The Balaban J connectivity index is 1.45. The largest absolute Gasteiger partial charge is 0.369 e. The molecule has 1 fully saturated rings. The van der Waals surface area contributed by atoms with Gasteiger partial charge in [0.05, 0.1) is 17.6 Å². The van der Waals surface area contributed by atoms with Crippen LogP contribution in [0.3, 0.4) is 0 Å². The topological polar surface area (TPSA) is 116 Å². The minimum Gasteiger partial charge on any atom is -0.369 e. The van der Waals surface area contributed by atoms with E-state index in [1.165, 1.54) is 5.69 Å². The van der Waals surface area contributed by atoms with Crippen molar-refractivity contribution in [3.8, 4) is 11.5 Å². The zero-order valence-electron chi connectivity index (χ0n) is 28.9. The number of likely N-dealkylation sites (N-methyl/N-ethyl adjacent to an activating group) is 1. The number of carbonyl (C=O) groups is 1. The number of nitrogens with one attached hydrogen (secondary N) is 3. The average molecular weight is 653 g/mol. The van der Waals surface area contributed by atoms with E-state index in [2.05, 4.69) is 108 Å². The molecule has 3 aromatic heterocycles. The Kier molecular flexibility index (Phi) is 10.5. The van der Waals surface area contributed by atoms with Gasteiger partial charge in [-0.05, 0) is 60.1 Å². The molecule has 1 aliphatic rings. The van der Waals surface area contributed by atoms with Crippen molar-refractivity contribution in [1.29, 1.82) is 0 Å². The van der Waals surface area contributed by atoms with E-state index in [1.807, 2.05) is 31.3 Å². The Morgan fingerprint density at radius 1 is 0.936 bits per heavy atom. The number of anilines is 4. The van der Waals surface area contributed by atoms with E-state index in [4.69, 9.17) is 9.97 Å². The molecule has 0 spiro atoms. The van der Waals surface area contributed by atoms with Crippen molar-refractivity contribution < 1.29 is 4.79 Å². The summed E-state index contributed by atoms with van der Waals surface area (Å²) in [6.07, 6.45) is 3.47. The van der Waals surface area contributed by atoms with Gasteiger partial charge in [0, 0.05) is 62.6 Å². The van der Waals surface area contributed by atoms with Crippen LogP contribution in [0.25, 0.3) is 11.0 Å². The van der Waals surface area contributed by atoms with Crippen LogP contribution in [0.15, 0.2) is 48.8 Å². The van der Waals surface area contributed by atoms with Gasteiger partial charge in [0.2, 0.25) is 5.95 Å². The Labute approximate surface area is 279 Å². The maximum absolute atomic E-state index is 12.9. The average Bonchev–Trinajstić information content (AvgIpc) is 3.44. The molecule has 4 heterocycles. The van der Waals surface area contributed by atoms with E-state index in [-0.39, 0.29) is 6.03 Å². The van der Waals surface area contributed by atoms with Crippen LogP contribution in [0.4, 0.5) is 27.9 Å². The monoisotopic (exact) mass is 652 g/mol. The number of hydrogen-bond donors (Lipinski definition) is 3. The number of benzene rings is 1. The third-order valence-electron chi connectivity index (χ3n) is 9.43. The smallest absolute Gasteiger partial charge is 0.320 e. The lowest BCUT2D eigenvalue weighted by Gasteiger charge is -2.38. The summed E-state index contributed by atoms with van der Waals surface area (Å²) in [6.45, 7) is 18.3. The zero-order valence-corrected chi connectivity index (χ0v) is 29.9. The molecule has 11 nitrogen and oxygen atoms in total. The van der Waals surface area contributed by atoms with Crippen LogP contribution >= 0.6 is 0 Å². The number of aryl methyl sites for hydroxylation is 1. The highest BCUT2D eigenvalue weighted by Crippen LogP contribution is 2.41. The second-order valence-corrected chi connectivity index (χ2v) is 18.9. The summed E-state index contributed by atoms with van der Waals surface area (Å²) >= 11 is 0. The van der Waals surface area contributed by atoms with Crippen molar-refractivity contribution in [3.05, 3.63) is 60.0 Å². The molecule has 0 bridgehead atoms. The summed E-state index contributed by atoms with van der Waals surface area (Å²) in [4.78, 5) is 31.8. The third kappa shape index (κ3) is 7.74. The van der Waals surface area contributed by atoms with Gasteiger partial charge in [-0.15, -0.1) is 5.54 Å². The van der Waals surface area contributed by atoms with Crippen LogP contribution in [-0.2, 0) is 13.6 Å². The fraction of sp³-hybridized carbons (Fsp3) is 0.457. The number of fused-ring (bicyclic) bond motifs is 1. The van der Waals surface area contributed by atoms with Crippen molar-refractivity contribution in [3.63, 3.8) is 0 Å². The molecule has 0 saturated carbocycles. The fourth-order valence-corrected chi connectivity index (χ4v) is 11.9. The molecule has 248 valence electrons. The number of rotatable bonds is 9. The number of piperazine rings is 1. The number of pyridine rings is 1. The second kappa shape index (κ2) is 14.5. The highest BCUT2D eigenvalue weighted by Gasteiger charge is 2.41. The highest BCUT2D eigenvalue weighted by molar-refractivity contribution is 6.90. The Bertz CT molecular complexity index is 1730. The maximum Gasteiger partial charge on any atom is 0.320 e. The summed E-state index contributed by atoms with van der Waals surface area (Å²) in [6, 6.07) is 11.7. The van der Waals surface area contributed by atoms with E-state index in [1.54, 1.807) is 17.1 Å². The lowest BCUT2D eigenvalue weighted by atomic mass is 10.2.